The second kappa shape index (κ2) is 6.31. The summed E-state index contributed by atoms with van der Waals surface area (Å²) in [6, 6.07) is 7.53. The number of fused-ring (bicyclic) bond motifs is 1. The SMILES string of the molecule is CCOC(=O)C1=C(C)Nc2nnnn2C1c1ccc(N(C)C)cc1. The van der Waals surface area contributed by atoms with Crippen molar-refractivity contribution in [1.82, 2.24) is 20.2 Å². The standard InChI is InChI=1S/C16H20N6O2/c1-5-24-15(23)13-10(2)17-16-18-19-20-22(16)14(13)11-6-8-12(9-7-11)21(3)4/h6-9,14H,5H2,1-4H3,(H,17,18,20). The molecule has 2 aromatic rings. The van der Waals surface area contributed by atoms with Gasteiger partial charge in [0.2, 0.25) is 5.95 Å². The lowest BCUT2D eigenvalue weighted by molar-refractivity contribution is -0.139. The van der Waals surface area contributed by atoms with Gasteiger partial charge in [-0.15, -0.1) is 0 Å². The van der Waals surface area contributed by atoms with Gasteiger partial charge in [-0.2, -0.15) is 4.68 Å². The zero-order valence-corrected chi connectivity index (χ0v) is 14.1. The summed E-state index contributed by atoms with van der Waals surface area (Å²) < 4.78 is 6.83. The topological polar surface area (TPSA) is 85.2 Å². The quantitative estimate of drug-likeness (QED) is 0.853. The predicted octanol–water partition coefficient (Wildman–Crippen LogP) is 1.59. The average Bonchev–Trinajstić information content (AvgIpc) is 3.01. The third-order valence-electron chi connectivity index (χ3n) is 3.93. The zero-order chi connectivity index (χ0) is 17.3. The number of hydrogen-bond donors (Lipinski definition) is 1. The van der Waals surface area contributed by atoms with Crippen LogP contribution in [0.4, 0.5) is 11.6 Å². The lowest BCUT2D eigenvalue weighted by Gasteiger charge is -2.27. The maximum Gasteiger partial charge on any atom is 0.338 e. The predicted molar refractivity (Wildman–Crippen MR) is 89.7 cm³/mol. The lowest BCUT2D eigenvalue weighted by atomic mass is 9.95. The highest BCUT2D eigenvalue weighted by Crippen LogP contribution is 2.35. The van der Waals surface area contributed by atoms with Crippen LogP contribution in [0.25, 0.3) is 0 Å². The number of hydrogen-bond acceptors (Lipinski definition) is 7. The monoisotopic (exact) mass is 328 g/mol. The van der Waals surface area contributed by atoms with Gasteiger partial charge in [0.25, 0.3) is 0 Å². The Labute approximate surface area is 140 Å². The molecular formula is C16H20N6O2. The van der Waals surface area contributed by atoms with Crippen LogP contribution >= 0.6 is 0 Å². The van der Waals surface area contributed by atoms with Gasteiger partial charge in [-0.3, -0.25) is 0 Å². The summed E-state index contributed by atoms with van der Waals surface area (Å²) in [7, 11) is 3.96. The van der Waals surface area contributed by atoms with Crippen molar-refractivity contribution in [3.05, 3.63) is 41.1 Å². The smallest absolute Gasteiger partial charge is 0.338 e. The van der Waals surface area contributed by atoms with Crippen molar-refractivity contribution >= 4 is 17.6 Å². The van der Waals surface area contributed by atoms with E-state index in [1.165, 1.54) is 0 Å². The minimum absolute atomic E-state index is 0.310. The number of carbonyl (C=O) groups is 1. The molecule has 2 heterocycles. The van der Waals surface area contributed by atoms with Crippen molar-refractivity contribution in [1.29, 1.82) is 0 Å². The molecule has 0 saturated heterocycles. The number of tetrazole rings is 1. The summed E-state index contributed by atoms with van der Waals surface area (Å²) in [5.74, 6) is 0.132. The van der Waals surface area contributed by atoms with Gasteiger partial charge in [0.05, 0.1) is 12.2 Å². The summed E-state index contributed by atoms with van der Waals surface area (Å²) in [5.41, 5.74) is 3.19. The van der Waals surface area contributed by atoms with E-state index in [1.54, 1.807) is 11.6 Å². The number of nitrogens with one attached hydrogen (secondary N) is 1. The largest absolute Gasteiger partial charge is 0.463 e. The summed E-state index contributed by atoms with van der Waals surface area (Å²) in [6.45, 7) is 3.92. The number of benzene rings is 1. The van der Waals surface area contributed by atoms with Crippen LogP contribution in [0.2, 0.25) is 0 Å². The first kappa shape index (κ1) is 16.0. The van der Waals surface area contributed by atoms with Crippen molar-refractivity contribution in [2.75, 3.05) is 30.9 Å². The van der Waals surface area contributed by atoms with Crippen molar-refractivity contribution < 1.29 is 9.53 Å². The Morgan fingerprint density at radius 2 is 2.04 bits per heavy atom. The Hall–Kier alpha value is -2.90. The van der Waals surface area contributed by atoms with Crippen LogP contribution in [0.3, 0.4) is 0 Å². The number of nitrogens with zero attached hydrogens (tertiary/aromatic N) is 5. The summed E-state index contributed by atoms with van der Waals surface area (Å²) in [5, 5.41) is 14.8. The highest BCUT2D eigenvalue weighted by atomic mass is 16.5. The van der Waals surface area contributed by atoms with E-state index in [9.17, 15) is 4.79 Å². The molecule has 3 rings (SSSR count). The third-order valence-corrected chi connectivity index (χ3v) is 3.93. The van der Waals surface area contributed by atoms with E-state index in [2.05, 4.69) is 20.8 Å². The molecule has 8 heteroatoms. The third kappa shape index (κ3) is 2.70. The lowest BCUT2D eigenvalue weighted by Crippen LogP contribution is -2.29. The van der Waals surface area contributed by atoms with Crippen LogP contribution < -0.4 is 10.2 Å². The van der Waals surface area contributed by atoms with Crippen LogP contribution in [0, 0.1) is 0 Å². The molecule has 0 amide bonds. The first-order valence-electron chi connectivity index (χ1n) is 7.73. The first-order chi connectivity index (χ1) is 11.5. The molecule has 0 saturated carbocycles. The first-order valence-corrected chi connectivity index (χ1v) is 7.73. The van der Waals surface area contributed by atoms with Gasteiger partial charge >= 0.3 is 5.97 Å². The number of aromatic nitrogens is 4. The highest BCUT2D eigenvalue weighted by molar-refractivity contribution is 5.92. The van der Waals surface area contributed by atoms with E-state index in [4.69, 9.17) is 4.74 Å². The van der Waals surface area contributed by atoms with Gasteiger partial charge < -0.3 is 15.0 Å². The molecule has 0 radical (unpaired) electrons. The second-order valence-corrected chi connectivity index (χ2v) is 5.72. The number of allylic oxidation sites excluding steroid dienone is 1. The van der Waals surface area contributed by atoms with Crippen molar-refractivity contribution in [3.63, 3.8) is 0 Å². The molecule has 8 nitrogen and oxygen atoms in total. The summed E-state index contributed by atoms with van der Waals surface area (Å²) in [4.78, 5) is 14.5. The maximum absolute atomic E-state index is 12.5. The van der Waals surface area contributed by atoms with Gasteiger partial charge in [0.1, 0.15) is 6.04 Å². The van der Waals surface area contributed by atoms with Crippen molar-refractivity contribution in [2.45, 2.75) is 19.9 Å². The minimum atomic E-state index is -0.425. The molecule has 1 aromatic carbocycles. The highest BCUT2D eigenvalue weighted by Gasteiger charge is 2.34. The Kier molecular flexibility index (Phi) is 4.20. The van der Waals surface area contributed by atoms with E-state index in [-0.39, 0.29) is 5.97 Å². The number of ether oxygens (including phenoxy) is 1. The number of anilines is 2. The molecule has 1 aliphatic rings. The Morgan fingerprint density at radius 3 is 2.67 bits per heavy atom. The molecule has 1 N–H and O–H groups in total. The molecule has 24 heavy (non-hydrogen) atoms. The Bertz CT molecular complexity index is 778. The van der Waals surface area contributed by atoms with Gasteiger partial charge in [-0.1, -0.05) is 17.2 Å². The Balaban J connectivity index is 2.08. The van der Waals surface area contributed by atoms with Crippen LogP contribution in [0.5, 0.6) is 0 Å². The van der Waals surface area contributed by atoms with Gasteiger partial charge in [0.15, 0.2) is 0 Å². The fourth-order valence-electron chi connectivity index (χ4n) is 2.75. The molecule has 1 unspecified atom stereocenters. The van der Waals surface area contributed by atoms with Crippen molar-refractivity contribution in [3.8, 4) is 0 Å². The van der Waals surface area contributed by atoms with Crippen LogP contribution in [-0.2, 0) is 9.53 Å². The maximum atomic E-state index is 12.5. The number of esters is 1. The summed E-state index contributed by atoms with van der Waals surface area (Å²) >= 11 is 0. The molecule has 1 atom stereocenters. The van der Waals surface area contributed by atoms with Crippen LogP contribution in [0.1, 0.15) is 25.5 Å². The average molecular weight is 328 g/mol. The van der Waals surface area contributed by atoms with E-state index in [0.29, 0.717) is 23.8 Å². The zero-order valence-electron chi connectivity index (χ0n) is 14.1. The number of carbonyl (C=O) groups excluding carboxylic acids is 1. The summed E-state index contributed by atoms with van der Waals surface area (Å²) in [6.07, 6.45) is 0. The van der Waals surface area contributed by atoms with Crippen molar-refractivity contribution in [2.24, 2.45) is 0 Å². The van der Waals surface area contributed by atoms with E-state index in [0.717, 1.165) is 11.3 Å². The van der Waals surface area contributed by atoms with Crippen LogP contribution in [0.15, 0.2) is 35.5 Å². The second-order valence-electron chi connectivity index (χ2n) is 5.72. The molecule has 0 spiro atoms. The fourth-order valence-corrected chi connectivity index (χ4v) is 2.75. The molecule has 1 aliphatic heterocycles. The molecule has 126 valence electrons. The fraction of sp³-hybridized carbons (Fsp3) is 0.375. The molecule has 0 bridgehead atoms. The molecular weight excluding hydrogens is 308 g/mol. The normalized spacial score (nSPS) is 16.4. The minimum Gasteiger partial charge on any atom is -0.463 e. The molecule has 0 aliphatic carbocycles. The van der Waals surface area contributed by atoms with Gasteiger partial charge in [-0.05, 0) is 42.0 Å². The molecule has 1 aromatic heterocycles. The number of rotatable bonds is 4. The van der Waals surface area contributed by atoms with E-state index >= 15 is 0 Å². The Morgan fingerprint density at radius 1 is 1.33 bits per heavy atom. The van der Waals surface area contributed by atoms with Gasteiger partial charge in [-0.25, -0.2) is 4.79 Å². The van der Waals surface area contributed by atoms with E-state index < -0.39 is 6.04 Å². The molecule has 0 fully saturated rings. The van der Waals surface area contributed by atoms with Gasteiger partial charge in [0, 0.05) is 25.5 Å². The van der Waals surface area contributed by atoms with Crippen LogP contribution in [-0.4, -0.2) is 46.9 Å². The van der Waals surface area contributed by atoms with E-state index in [1.807, 2.05) is 50.2 Å².